The number of rotatable bonds is 11. The molecule has 0 saturated heterocycles. The molecule has 0 spiro atoms. The Labute approximate surface area is 116 Å². The highest BCUT2D eigenvalue weighted by molar-refractivity contribution is 5.85. The molecule has 0 aromatic heterocycles. The average molecular weight is 270 g/mol. The fourth-order valence-corrected chi connectivity index (χ4v) is 1.67. The standard InChI is InChI=1S/C16H27FO2/c1-3-5-6-7-8-9-10-11-12-13-14-15(17)16(18)19-4-2/h8-9,14H,3-7,10-13H2,1-2H3/b9-8+,15-14-. The lowest BCUT2D eigenvalue weighted by Gasteiger charge is -1.98. The summed E-state index contributed by atoms with van der Waals surface area (Å²) in [7, 11) is 0. The van der Waals surface area contributed by atoms with E-state index in [1.807, 2.05) is 0 Å². The minimum atomic E-state index is -0.849. The van der Waals surface area contributed by atoms with E-state index in [4.69, 9.17) is 0 Å². The van der Waals surface area contributed by atoms with Crippen LogP contribution >= 0.6 is 0 Å². The van der Waals surface area contributed by atoms with Crippen LogP contribution < -0.4 is 0 Å². The molecule has 0 N–H and O–H groups in total. The van der Waals surface area contributed by atoms with Gasteiger partial charge in [0.15, 0.2) is 0 Å². The molecule has 110 valence electrons. The van der Waals surface area contributed by atoms with Crippen LogP contribution in [0, 0.1) is 0 Å². The number of esters is 1. The Morgan fingerprint density at radius 2 is 1.58 bits per heavy atom. The normalized spacial score (nSPS) is 12.1. The number of unbranched alkanes of at least 4 members (excludes halogenated alkanes) is 6. The van der Waals surface area contributed by atoms with Crippen molar-refractivity contribution in [3.05, 3.63) is 24.1 Å². The maximum Gasteiger partial charge on any atom is 0.366 e. The monoisotopic (exact) mass is 270 g/mol. The fourth-order valence-electron chi connectivity index (χ4n) is 1.67. The molecule has 0 aromatic carbocycles. The maximum absolute atomic E-state index is 13.1. The zero-order valence-corrected chi connectivity index (χ0v) is 12.3. The van der Waals surface area contributed by atoms with Crippen LogP contribution in [0.3, 0.4) is 0 Å². The molecule has 2 nitrogen and oxygen atoms in total. The van der Waals surface area contributed by atoms with E-state index in [2.05, 4.69) is 23.8 Å². The highest BCUT2D eigenvalue weighted by Crippen LogP contribution is 2.08. The third-order valence-corrected chi connectivity index (χ3v) is 2.76. The van der Waals surface area contributed by atoms with Crippen LogP contribution in [-0.4, -0.2) is 12.6 Å². The molecule has 0 amide bonds. The lowest BCUT2D eigenvalue weighted by atomic mass is 10.1. The summed E-state index contributed by atoms with van der Waals surface area (Å²) in [6.45, 7) is 4.08. The first kappa shape index (κ1) is 17.9. The Hall–Kier alpha value is -1.12. The van der Waals surface area contributed by atoms with Crippen molar-refractivity contribution in [3.8, 4) is 0 Å². The van der Waals surface area contributed by atoms with Crippen molar-refractivity contribution in [2.24, 2.45) is 0 Å². The molecule has 0 unspecified atom stereocenters. The predicted molar refractivity (Wildman–Crippen MR) is 77.6 cm³/mol. The molecule has 0 fully saturated rings. The first-order valence-electron chi connectivity index (χ1n) is 7.40. The van der Waals surface area contributed by atoms with Gasteiger partial charge in [-0.15, -0.1) is 0 Å². The number of ether oxygens (including phenoxy) is 1. The van der Waals surface area contributed by atoms with Gasteiger partial charge in [-0.1, -0.05) is 31.9 Å². The number of hydrogen-bond donors (Lipinski definition) is 0. The second kappa shape index (κ2) is 13.3. The molecule has 0 aromatic rings. The van der Waals surface area contributed by atoms with Gasteiger partial charge in [0, 0.05) is 0 Å². The van der Waals surface area contributed by atoms with E-state index < -0.39 is 11.8 Å². The minimum Gasteiger partial charge on any atom is -0.461 e. The molecule has 19 heavy (non-hydrogen) atoms. The Kier molecular flexibility index (Phi) is 12.5. The summed E-state index contributed by atoms with van der Waals surface area (Å²) in [6.07, 6.45) is 14.3. The van der Waals surface area contributed by atoms with E-state index in [0.717, 1.165) is 25.7 Å². The van der Waals surface area contributed by atoms with Crippen LogP contribution in [0.1, 0.15) is 65.2 Å². The summed E-state index contributed by atoms with van der Waals surface area (Å²) in [5, 5.41) is 0. The van der Waals surface area contributed by atoms with E-state index in [-0.39, 0.29) is 6.61 Å². The maximum atomic E-state index is 13.1. The Balaban J connectivity index is 3.48. The number of hydrogen-bond acceptors (Lipinski definition) is 2. The summed E-state index contributed by atoms with van der Waals surface area (Å²) in [5.41, 5.74) is 0. The quantitative estimate of drug-likeness (QED) is 0.226. The van der Waals surface area contributed by atoms with E-state index in [1.54, 1.807) is 6.92 Å². The first-order chi connectivity index (χ1) is 9.22. The van der Waals surface area contributed by atoms with Crippen LogP contribution in [0.4, 0.5) is 4.39 Å². The van der Waals surface area contributed by atoms with E-state index >= 15 is 0 Å². The number of carbonyl (C=O) groups is 1. The van der Waals surface area contributed by atoms with Crippen LogP contribution in [-0.2, 0) is 9.53 Å². The average Bonchev–Trinajstić information content (AvgIpc) is 2.41. The number of allylic oxidation sites excluding steroid dienone is 3. The topological polar surface area (TPSA) is 26.3 Å². The summed E-state index contributed by atoms with van der Waals surface area (Å²) in [6, 6.07) is 0. The molecule has 0 atom stereocenters. The summed E-state index contributed by atoms with van der Waals surface area (Å²) in [5.74, 6) is -1.62. The van der Waals surface area contributed by atoms with Crippen molar-refractivity contribution in [1.29, 1.82) is 0 Å². The molecule has 0 heterocycles. The van der Waals surface area contributed by atoms with Gasteiger partial charge in [-0.3, -0.25) is 0 Å². The molecule has 0 saturated carbocycles. The lowest BCUT2D eigenvalue weighted by molar-refractivity contribution is -0.140. The Morgan fingerprint density at radius 3 is 2.16 bits per heavy atom. The summed E-state index contributed by atoms with van der Waals surface area (Å²) < 4.78 is 17.7. The van der Waals surface area contributed by atoms with Crippen molar-refractivity contribution in [1.82, 2.24) is 0 Å². The van der Waals surface area contributed by atoms with E-state index in [0.29, 0.717) is 6.42 Å². The van der Waals surface area contributed by atoms with E-state index in [9.17, 15) is 9.18 Å². The van der Waals surface area contributed by atoms with Crippen molar-refractivity contribution < 1.29 is 13.9 Å². The first-order valence-corrected chi connectivity index (χ1v) is 7.40. The van der Waals surface area contributed by atoms with Crippen LogP contribution in [0.15, 0.2) is 24.1 Å². The third kappa shape index (κ3) is 11.7. The van der Waals surface area contributed by atoms with Gasteiger partial charge < -0.3 is 4.74 Å². The molecule has 0 aliphatic heterocycles. The Morgan fingerprint density at radius 1 is 1.00 bits per heavy atom. The van der Waals surface area contributed by atoms with Crippen LogP contribution in [0.5, 0.6) is 0 Å². The largest absolute Gasteiger partial charge is 0.461 e. The smallest absolute Gasteiger partial charge is 0.366 e. The molecule has 0 rings (SSSR count). The van der Waals surface area contributed by atoms with Gasteiger partial charge in [0.1, 0.15) is 0 Å². The molecular formula is C16H27FO2. The van der Waals surface area contributed by atoms with Crippen molar-refractivity contribution >= 4 is 5.97 Å². The van der Waals surface area contributed by atoms with Gasteiger partial charge in [0.2, 0.25) is 5.83 Å². The zero-order valence-electron chi connectivity index (χ0n) is 12.3. The van der Waals surface area contributed by atoms with Crippen molar-refractivity contribution in [2.45, 2.75) is 65.2 Å². The fraction of sp³-hybridized carbons (Fsp3) is 0.688. The second-order valence-corrected chi connectivity index (χ2v) is 4.52. The number of carbonyl (C=O) groups excluding carboxylic acids is 1. The van der Waals surface area contributed by atoms with Crippen molar-refractivity contribution in [3.63, 3.8) is 0 Å². The minimum absolute atomic E-state index is 0.211. The van der Waals surface area contributed by atoms with Crippen LogP contribution in [0.2, 0.25) is 0 Å². The SMILES string of the molecule is CCCCC/C=C/CCCC/C=C(\F)C(=O)OCC. The van der Waals surface area contributed by atoms with Gasteiger partial charge in [0.25, 0.3) is 0 Å². The van der Waals surface area contributed by atoms with Gasteiger partial charge in [-0.25, -0.2) is 4.79 Å². The lowest BCUT2D eigenvalue weighted by Crippen LogP contribution is -2.03. The second-order valence-electron chi connectivity index (χ2n) is 4.52. The predicted octanol–water partition coefficient (Wildman–Crippen LogP) is 5.10. The van der Waals surface area contributed by atoms with Crippen molar-refractivity contribution in [2.75, 3.05) is 6.61 Å². The molecule has 0 aliphatic rings. The van der Waals surface area contributed by atoms with Gasteiger partial charge in [-0.05, 0) is 51.5 Å². The molecular weight excluding hydrogens is 243 g/mol. The molecule has 0 aliphatic carbocycles. The van der Waals surface area contributed by atoms with Crippen LogP contribution in [0.25, 0.3) is 0 Å². The highest BCUT2D eigenvalue weighted by Gasteiger charge is 2.07. The number of halogens is 1. The summed E-state index contributed by atoms with van der Waals surface area (Å²) >= 11 is 0. The van der Waals surface area contributed by atoms with Gasteiger partial charge in [0.05, 0.1) is 6.61 Å². The van der Waals surface area contributed by atoms with Gasteiger partial charge in [-0.2, -0.15) is 4.39 Å². The Bertz CT molecular complexity index is 282. The van der Waals surface area contributed by atoms with E-state index in [1.165, 1.54) is 25.3 Å². The summed E-state index contributed by atoms with van der Waals surface area (Å²) in [4.78, 5) is 11.0. The molecule has 3 heteroatoms. The van der Waals surface area contributed by atoms with Gasteiger partial charge >= 0.3 is 5.97 Å². The molecule has 0 bridgehead atoms. The molecule has 0 radical (unpaired) electrons. The highest BCUT2D eigenvalue weighted by atomic mass is 19.1. The third-order valence-electron chi connectivity index (χ3n) is 2.76. The zero-order chi connectivity index (χ0) is 14.3.